The molecule has 0 aliphatic heterocycles. The van der Waals surface area contributed by atoms with Crippen LogP contribution in [-0.2, 0) is 0 Å². The number of halogens is 3. The fourth-order valence-corrected chi connectivity index (χ4v) is 1.69. The van der Waals surface area contributed by atoms with Crippen molar-refractivity contribution >= 4 is 33.3 Å². The zero-order chi connectivity index (χ0) is 12.1. The highest BCUT2D eigenvalue weighted by atomic mass is 79.9. The second-order valence-electron chi connectivity index (χ2n) is 3.32. The summed E-state index contributed by atoms with van der Waals surface area (Å²) >= 11 is 8.79. The number of benzene rings is 1. The average Bonchev–Trinajstić information content (AvgIpc) is 2.26. The minimum Gasteiger partial charge on any atom is -0.310 e. The molecule has 2 nitrogen and oxygen atoms in total. The maximum absolute atomic E-state index is 13.6. The molecular weight excluding hydrogens is 296 g/mol. The molecule has 0 fully saturated rings. The van der Waals surface area contributed by atoms with Crippen LogP contribution in [0.15, 0.2) is 16.6 Å². The number of hydrogen-bond donors (Lipinski definition) is 1. The first-order valence-electron chi connectivity index (χ1n) is 4.95. The Morgan fingerprint density at radius 1 is 1.56 bits per heavy atom. The molecule has 0 aliphatic rings. The summed E-state index contributed by atoms with van der Waals surface area (Å²) in [6.45, 7) is 2.86. The smallest absolute Gasteiger partial charge is 0.179 e. The Morgan fingerprint density at radius 3 is 2.88 bits per heavy atom. The molecule has 0 atom stereocenters. The number of ketones is 1. The normalized spacial score (nSPS) is 10.5. The van der Waals surface area contributed by atoms with E-state index in [2.05, 4.69) is 21.2 Å². The van der Waals surface area contributed by atoms with E-state index in [1.54, 1.807) is 6.07 Å². The zero-order valence-corrected chi connectivity index (χ0v) is 11.2. The molecule has 1 aromatic rings. The van der Waals surface area contributed by atoms with Crippen LogP contribution < -0.4 is 5.32 Å². The Bertz CT molecular complexity index is 398. The summed E-state index contributed by atoms with van der Waals surface area (Å²) in [4.78, 5) is 11.6. The predicted molar refractivity (Wildman–Crippen MR) is 66.6 cm³/mol. The van der Waals surface area contributed by atoms with Crippen LogP contribution in [0.25, 0.3) is 0 Å². The molecule has 0 amide bonds. The van der Waals surface area contributed by atoms with E-state index in [1.807, 2.05) is 6.92 Å². The fraction of sp³-hybridized carbons (Fsp3) is 0.364. The molecule has 5 heteroatoms. The number of nitrogens with one attached hydrogen (secondary N) is 1. The highest BCUT2D eigenvalue weighted by Crippen LogP contribution is 2.27. The maximum Gasteiger partial charge on any atom is 0.179 e. The van der Waals surface area contributed by atoms with Crippen molar-refractivity contribution < 1.29 is 9.18 Å². The van der Waals surface area contributed by atoms with Crippen molar-refractivity contribution in [1.82, 2.24) is 5.32 Å². The van der Waals surface area contributed by atoms with Gasteiger partial charge >= 0.3 is 0 Å². The predicted octanol–water partition coefficient (Wildman–Crippen LogP) is 3.42. The Kier molecular flexibility index (Phi) is 5.38. The van der Waals surface area contributed by atoms with Crippen LogP contribution in [0.1, 0.15) is 23.7 Å². The van der Waals surface area contributed by atoms with E-state index in [9.17, 15) is 9.18 Å². The SMILES string of the molecule is CCCNCC(=O)c1ccc(Br)c(Cl)c1F. The van der Waals surface area contributed by atoms with Crippen LogP contribution in [0.4, 0.5) is 4.39 Å². The van der Waals surface area contributed by atoms with Crippen molar-refractivity contribution in [3.8, 4) is 0 Å². The number of carbonyl (C=O) groups is 1. The van der Waals surface area contributed by atoms with E-state index < -0.39 is 5.82 Å². The minimum atomic E-state index is -0.667. The summed E-state index contributed by atoms with van der Waals surface area (Å²) in [7, 11) is 0. The molecule has 88 valence electrons. The quantitative estimate of drug-likeness (QED) is 0.513. The van der Waals surface area contributed by atoms with Gasteiger partial charge in [-0.25, -0.2) is 4.39 Å². The summed E-state index contributed by atoms with van der Waals surface area (Å²) < 4.78 is 14.1. The van der Waals surface area contributed by atoms with Crippen molar-refractivity contribution in [2.75, 3.05) is 13.1 Å². The lowest BCUT2D eigenvalue weighted by Gasteiger charge is -2.06. The van der Waals surface area contributed by atoms with Crippen LogP contribution in [0, 0.1) is 5.82 Å². The van der Waals surface area contributed by atoms with Crippen molar-refractivity contribution in [2.24, 2.45) is 0 Å². The van der Waals surface area contributed by atoms with Gasteiger partial charge in [-0.05, 0) is 41.0 Å². The number of carbonyl (C=O) groups excluding carboxylic acids is 1. The Morgan fingerprint density at radius 2 is 2.25 bits per heavy atom. The summed E-state index contributed by atoms with van der Waals surface area (Å²) in [6.07, 6.45) is 0.927. The third-order valence-electron chi connectivity index (χ3n) is 2.05. The first-order chi connectivity index (χ1) is 7.57. The van der Waals surface area contributed by atoms with Gasteiger partial charge in [0.15, 0.2) is 11.6 Å². The Hall–Kier alpha value is -0.450. The Balaban J connectivity index is 2.80. The van der Waals surface area contributed by atoms with Crippen LogP contribution in [0.3, 0.4) is 0 Å². The molecule has 0 aliphatic carbocycles. The van der Waals surface area contributed by atoms with Gasteiger partial charge in [-0.3, -0.25) is 4.79 Å². The van der Waals surface area contributed by atoms with E-state index in [0.717, 1.165) is 13.0 Å². The van der Waals surface area contributed by atoms with E-state index in [-0.39, 0.29) is 22.9 Å². The van der Waals surface area contributed by atoms with Crippen molar-refractivity contribution in [1.29, 1.82) is 0 Å². The van der Waals surface area contributed by atoms with Crippen molar-refractivity contribution in [3.63, 3.8) is 0 Å². The molecule has 0 heterocycles. The highest BCUT2D eigenvalue weighted by molar-refractivity contribution is 9.10. The standard InChI is InChI=1S/C11H12BrClFNO/c1-2-5-15-6-9(16)7-3-4-8(12)10(13)11(7)14/h3-4,15H,2,5-6H2,1H3. The maximum atomic E-state index is 13.6. The van der Waals surface area contributed by atoms with Gasteiger partial charge in [0.1, 0.15) is 0 Å². The van der Waals surface area contributed by atoms with E-state index in [1.165, 1.54) is 6.07 Å². The van der Waals surface area contributed by atoms with Gasteiger partial charge in [0.05, 0.1) is 17.1 Å². The van der Waals surface area contributed by atoms with Gasteiger partial charge in [-0.1, -0.05) is 18.5 Å². The topological polar surface area (TPSA) is 29.1 Å². The Labute approximate surface area is 107 Å². The summed E-state index contributed by atoms with van der Waals surface area (Å²) in [6, 6.07) is 3.00. The van der Waals surface area contributed by atoms with Gasteiger partial charge in [-0.15, -0.1) is 0 Å². The fourth-order valence-electron chi connectivity index (χ4n) is 1.22. The van der Waals surface area contributed by atoms with Crippen LogP contribution in [0.2, 0.25) is 5.02 Å². The van der Waals surface area contributed by atoms with Crippen molar-refractivity contribution in [3.05, 3.63) is 33.0 Å². The van der Waals surface area contributed by atoms with Crippen molar-refractivity contribution in [2.45, 2.75) is 13.3 Å². The second kappa shape index (κ2) is 6.33. The lowest BCUT2D eigenvalue weighted by molar-refractivity contribution is 0.0987. The van der Waals surface area contributed by atoms with Crippen LogP contribution >= 0.6 is 27.5 Å². The monoisotopic (exact) mass is 307 g/mol. The van der Waals surface area contributed by atoms with Gasteiger partial charge in [-0.2, -0.15) is 0 Å². The molecule has 0 unspecified atom stereocenters. The number of rotatable bonds is 5. The summed E-state index contributed by atoms with van der Waals surface area (Å²) in [5.41, 5.74) is 0.0248. The molecule has 0 radical (unpaired) electrons. The number of Topliss-reactive ketones (excluding diaryl/α,β-unsaturated/α-hetero) is 1. The van der Waals surface area contributed by atoms with Crippen LogP contribution in [-0.4, -0.2) is 18.9 Å². The third-order valence-corrected chi connectivity index (χ3v) is 3.31. The first-order valence-corrected chi connectivity index (χ1v) is 6.12. The lowest BCUT2D eigenvalue weighted by Crippen LogP contribution is -2.24. The van der Waals surface area contributed by atoms with Gasteiger partial charge < -0.3 is 5.32 Å². The molecule has 0 saturated carbocycles. The molecule has 0 saturated heterocycles. The average molecular weight is 309 g/mol. The highest BCUT2D eigenvalue weighted by Gasteiger charge is 2.15. The molecular formula is C11H12BrClFNO. The van der Waals surface area contributed by atoms with Gasteiger partial charge in [0.25, 0.3) is 0 Å². The van der Waals surface area contributed by atoms with Crippen LogP contribution in [0.5, 0.6) is 0 Å². The molecule has 16 heavy (non-hydrogen) atoms. The van der Waals surface area contributed by atoms with Gasteiger partial charge in [0.2, 0.25) is 0 Å². The van der Waals surface area contributed by atoms with E-state index in [4.69, 9.17) is 11.6 Å². The van der Waals surface area contributed by atoms with Gasteiger partial charge in [0, 0.05) is 4.47 Å². The lowest BCUT2D eigenvalue weighted by atomic mass is 10.1. The van der Waals surface area contributed by atoms with E-state index >= 15 is 0 Å². The largest absolute Gasteiger partial charge is 0.310 e. The summed E-state index contributed by atoms with van der Waals surface area (Å²) in [5, 5.41) is 2.87. The summed E-state index contributed by atoms with van der Waals surface area (Å²) in [5.74, 6) is -0.959. The minimum absolute atomic E-state index is 0.0248. The molecule has 1 N–H and O–H groups in total. The zero-order valence-electron chi connectivity index (χ0n) is 8.82. The second-order valence-corrected chi connectivity index (χ2v) is 4.56. The van der Waals surface area contributed by atoms with E-state index in [0.29, 0.717) is 4.47 Å². The number of hydrogen-bond acceptors (Lipinski definition) is 2. The third kappa shape index (κ3) is 3.27. The first kappa shape index (κ1) is 13.6. The molecule has 0 bridgehead atoms. The molecule has 0 aromatic heterocycles. The molecule has 0 spiro atoms. The molecule has 1 aromatic carbocycles. The molecule has 1 rings (SSSR count).